The predicted molar refractivity (Wildman–Crippen MR) is 67.9 cm³/mol. The topological polar surface area (TPSA) is 57.6 Å². The van der Waals surface area contributed by atoms with Gasteiger partial charge in [0.1, 0.15) is 0 Å². The Morgan fingerprint density at radius 1 is 1.26 bits per heavy atom. The summed E-state index contributed by atoms with van der Waals surface area (Å²) in [7, 11) is 0. The standard InChI is InChI=1S/C14H16FNO3/c1-9-5-10(2)7-11(6-9)12(17)16-4-3-14(15,8-16)13(18)19/h5-7H,3-4,8H2,1-2H3,(H,18,19). The summed E-state index contributed by atoms with van der Waals surface area (Å²) in [5.41, 5.74) is 0.0702. The summed E-state index contributed by atoms with van der Waals surface area (Å²) in [6.07, 6.45) is -0.154. The summed E-state index contributed by atoms with van der Waals surface area (Å²) >= 11 is 0. The van der Waals surface area contributed by atoms with Gasteiger partial charge >= 0.3 is 5.97 Å². The van der Waals surface area contributed by atoms with Crippen LogP contribution in [0.1, 0.15) is 27.9 Å². The van der Waals surface area contributed by atoms with Crippen molar-refractivity contribution < 1.29 is 19.1 Å². The van der Waals surface area contributed by atoms with Crippen molar-refractivity contribution >= 4 is 11.9 Å². The molecule has 102 valence electrons. The molecule has 5 heteroatoms. The lowest BCUT2D eigenvalue weighted by molar-refractivity contribution is -0.149. The number of rotatable bonds is 2. The number of hydrogen-bond acceptors (Lipinski definition) is 2. The number of hydrogen-bond donors (Lipinski definition) is 1. The molecule has 0 aromatic heterocycles. The van der Waals surface area contributed by atoms with E-state index in [9.17, 15) is 14.0 Å². The number of alkyl halides is 1. The van der Waals surface area contributed by atoms with Crippen LogP contribution in [-0.4, -0.2) is 40.6 Å². The maximum atomic E-state index is 13.9. The van der Waals surface area contributed by atoms with E-state index in [1.54, 1.807) is 12.1 Å². The number of amides is 1. The first-order chi connectivity index (χ1) is 8.82. The van der Waals surface area contributed by atoms with E-state index in [2.05, 4.69) is 0 Å². The van der Waals surface area contributed by atoms with Crippen LogP contribution in [0.15, 0.2) is 18.2 Å². The third-order valence-electron chi connectivity index (χ3n) is 3.36. The summed E-state index contributed by atoms with van der Waals surface area (Å²) < 4.78 is 13.9. The zero-order chi connectivity index (χ0) is 14.2. The number of carbonyl (C=O) groups excluding carboxylic acids is 1. The van der Waals surface area contributed by atoms with Gasteiger partial charge in [-0.15, -0.1) is 0 Å². The highest BCUT2D eigenvalue weighted by molar-refractivity contribution is 5.95. The van der Waals surface area contributed by atoms with Crippen LogP contribution in [0.5, 0.6) is 0 Å². The van der Waals surface area contributed by atoms with Crippen molar-refractivity contribution in [3.8, 4) is 0 Å². The molecule has 0 radical (unpaired) electrons. The Bertz CT molecular complexity index is 523. The van der Waals surface area contributed by atoms with E-state index in [-0.39, 0.29) is 25.4 Å². The lowest BCUT2D eigenvalue weighted by atomic mass is 10.1. The molecule has 19 heavy (non-hydrogen) atoms. The van der Waals surface area contributed by atoms with Gasteiger partial charge in [0.05, 0.1) is 6.54 Å². The Kier molecular flexibility index (Phi) is 3.30. The Balaban J connectivity index is 2.20. The SMILES string of the molecule is Cc1cc(C)cc(C(=O)N2CCC(F)(C(=O)O)C2)c1. The van der Waals surface area contributed by atoms with Gasteiger partial charge in [0.15, 0.2) is 0 Å². The minimum absolute atomic E-state index is 0.134. The van der Waals surface area contributed by atoms with Gasteiger partial charge in [-0.05, 0) is 26.0 Å². The first-order valence-electron chi connectivity index (χ1n) is 6.12. The van der Waals surface area contributed by atoms with Crippen molar-refractivity contribution in [2.45, 2.75) is 25.9 Å². The lowest BCUT2D eigenvalue weighted by Gasteiger charge is -2.18. The maximum absolute atomic E-state index is 13.9. The molecule has 1 aromatic rings. The molecular formula is C14H16FNO3. The second-order valence-electron chi connectivity index (χ2n) is 5.12. The van der Waals surface area contributed by atoms with Gasteiger partial charge in [-0.25, -0.2) is 9.18 Å². The maximum Gasteiger partial charge on any atom is 0.343 e. The molecule has 1 amide bonds. The van der Waals surface area contributed by atoms with Crippen molar-refractivity contribution in [1.29, 1.82) is 0 Å². The van der Waals surface area contributed by atoms with E-state index < -0.39 is 11.6 Å². The molecule has 0 aliphatic carbocycles. The first kappa shape index (κ1) is 13.5. The average molecular weight is 265 g/mol. The molecule has 1 N–H and O–H groups in total. The second-order valence-corrected chi connectivity index (χ2v) is 5.12. The third-order valence-corrected chi connectivity index (χ3v) is 3.36. The molecule has 0 spiro atoms. The summed E-state index contributed by atoms with van der Waals surface area (Å²) in [5, 5.41) is 8.82. The van der Waals surface area contributed by atoms with Crippen LogP contribution in [-0.2, 0) is 4.79 Å². The van der Waals surface area contributed by atoms with E-state index in [0.717, 1.165) is 11.1 Å². The van der Waals surface area contributed by atoms with Crippen LogP contribution in [0.3, 0.4) is 0 Å². The molecule has 4 nitrogen and oxygen atoms in total. The van der Waals surface area contributed by atoms with Gasteiger partial charge in [0.25, 0.3) is 5.91 Å². The minimum Gasteiger partial charge on any atom is -0.479 e. The minimum atomic E-state index is -2.31. The van der Waals surface area contributed by atoms with Crippen molar-refractivity contribution in [1.82, 2.24) is 4.90 Å². The number of halogens is 1. The van der Waals surface area contributed by atoms with E-state index in [1.807, 2.05) is 19.9 Å². The highest BCUT2D eigenvalue weighted by Gasteiger charge is 2.46. The molecule has 1 heterocycles. The van der Waals surface area contributed by atoms with Crippen LogP contribution in [0.4, 0.5) is 4.39 Å². The molecule has 0 bridgehead atoms. The van der Waals surface area contributed by atoms with Crippen molar-refractivity contribution in [2.24, 2.45) is 0 Å². The average Bonchev–Trinajstić information content (AvgIpc) is 2.71. The molecule has 1 saturated heterocycles. The van der Waals surface area contributed by atoms with E-state index in [0.29, 0.717) is 5.56 Å². The molecule has 1 fully saturated rings. The van der Waals surface area contributed by atoms with Crippen molar-refractivity contribution in [3.63, 3.8) is 0 Å². The van der Waals surface area contributed by atoms with Gasteiger partial charge in [-0.3, -0.25) is 4.79 Å². The van der Waals surface area contributed by atoms with Crippen molar-refractivity contribution in [2.75, 3.05) is 13.1 Å². The highest BCUT2D eigenvalue weighted by Crippen LogP contribution is 2.27. The van der Waals surface area contributed by atoms with Gasteiger partial charge < -0.3 is 10.0 Å². The third kappa shape index (κ3) is 2.59. The smallest absolute Gasteiger partial charge is 0.343 e. The number of carboxylic acids is 1. The Morgan fingerprint density at radius 2 is 1.84 bits per heavy atom. The quantitative estimate of drug-likeness (QED) is 0.889. The number of likely N-dealkylation sites (tertiary alicyclic amines) is 1. The molecule has 1 aromatic carbocycles. The number of aryl methyl sites for hydroxylation is 2. The van der Waals surface area contributed by atoms with Gasteiger partial charge in [-0.1, -0.05) is 17.2 Å². The number of aliphatic carboxylic acids is 1. The van der Waals surface area contributed by atoms with E-state index in [4.69, 9.17) is 5.11 Å². The van der Waals surface area contributed by atoms with Gasteiger partial charge in [-0.2, -0.15) is 0 Å². The monoisotopic (exact) mass is 265 g/mol. The van der Waals surface area contributed by atoms with Crippen LogP contribution < -0.4 is 0 Å². The Hall–Kier alpha value is -1.91. The van der Waals surface area contributed by atoms with E-state index >= 15 is 0 Å². The Labute approximate surface area is 110 Å². The largest absolute Gasteiger partial charge is 0.479 e. The first-order valence-corrected chi connectivity index (χ1v) is 6.12. The highest BCUT2D eigenvalue weighted by atomic mass is 19.1. The summed E-state index contributed by atoms with van der Waals surface area (Å²) in [6.45, 7) is 3.51. The molecular weight excluding hydrogens is 249 g/mol. The number of nitrogens with zero attached hydrogens (tertiary/aromatic N) is 1. The summed E-state index contributed by atoms with van der Waals surface area (Å²) in [5.74, 6) is -1.81. The normalized spacial score (nSPS) is 22.6. The van der Waals surface area contributed by atoms with Crippen LogP contribution in [0, 0.1) is 13.8 Å². The van der Waals surface area contributed by atoms with Gasteiger partial charge in [0.2, 0.25) is 5.67 Å². The fourth-order valence-corrected chi connectivity index (χ4v) is 2.40. The molecule has 1 aliphatic rings. The second kappa shape index (κ2) is 4.64. The zero-order valence-corrected chi connectivity index (χ0v) is 10.9. The number of benzene rings is 1. The fraction of sp³-hybridized carbons (Fsp3) is 0.429. The zero-order valence-electron chi connectivity index (χ0n) is 10.9. The van der Waals surface area contributed by atoms with Crippen LogP contribution in [0.25, 0.3) is 0 Å². The van der Waals surface area contributed by atoms with Crippen LogP contribution >= 0.6 is 0 Å². The number of carbonyl (C=O) groups is 2. The van der Waals surface area contributed by atoms with Crippen LogP contribution in [0.2, 0.25) is 0 Å². The van der Waals surface area contributed by atoms with Crippen molar-refractivity contribution in [3.05, 3.63) is 34.9 Å². The summed E-state index contributed by atoms with van der Waals surface area (Å²) in [6, 6.07) is 5.40. The molecule has 1 atom stereocenters. The Morgan fingerprint density at radius 3 is 2.32 bits per heavy atom. The number of carboxylic acid groups (broad SMARTS) is 1. The molecule has 1 aliphatic heterocycles. The lowest BCUT2D eigenvalue weighted by Crippen LogP contribution is -2.38. The molecule has 0 saturated carbocycles. The predicted octanol–water partition coefficient (Wildman–Crippen LogP) is 1.94. The summed E-state index contributed by atoms with van der Waals surface area (Å²) in [4.78, 5) is 24.3. The molecule has 2 rings (SSSR count). The fourth-order valence-electron chi connectivity index (χ4n) is 2.40. The molecule has 1 unspecified atom stereocenters. The van der Waals surface area contributed by atoms with E-state index in [1.165, 1.54) is 4.90 Å². The van der Waals surface area contributed by atoms with Gasteiger partial charge in [0, 0.05) is 18.5 Å².